The SMILES string of the molecule is OCC1COCC[N]1. The van der Waals surface area contributed by atoms with Crippen LogP contribution in [0, 0.1) is 0 Å². The monoisotopic (exact) mass is 116 g/mol. The quantitative estimate of drug-likeness (QED) is 0.476. The third-order valence-corrected chi connectivity index (χ3v) is 1.14. The van der Waals surface area contributed by atoms with E-state index in [-0.39, 0.29) is 12.6 Å². The molecule has 0 spiro atoms. The minimum absolute atomic E-state index is 0.0451. The summed E-state index contributed by atoms with van der Waals surface area (Å²) in [7, 11) is 0. The number of morpholine rings is 1. The van der Waals surface area contributed by atoms with Crippen molar-refractivity contribution in [2.45, 2.75) is 6.04 Å². The number of aliphatic hydroxyl groups is 1. The van der Waals surface area contributed by atoms with E-state index in [2.05, 4.69) is 5.32 Å². The molecule has 1 aliphatic heterocycles. The van der Waals surface area contributed by atoms with Crippen molar-refractivity contribution < 1.29 is 9.84 Å². The van der Waals surface area contributed by atoms with Gasteiger partial charge in [0.2, 0.25) is 0 Å². The van der Waals surface area contributed by atoms with Crippen LogP contribution in [0.2, 0.25) is 0 Å². The van der Waals surface area contributed by atoms with Crippen molar-refractivity contribution in [2.24, 2.45) is 0 Å². The Morgan fingerprint density at radius 2 is 2.62 bits per heavy atom. The van der Waals surface area contributed by atoms with E-state index in [1.165, 1.54) is 0 Å². The molecule has 47 valence electrons. The molecule has 3 nitrogen and oxygen atoms in total. The second kappa shape index (κ2) is 3.02. The largest absolute Gasteiger partial charge is 0.395 e. The second-order valence-corrected chi connectivity index (χ2v) is 1.82. The van der Waals surface area contributed by atoms with E-state index < -0.39 is 0 Å². The van der Waals surface area contributed by atoms with Gasteiger partial charge in [-0.3, -0.25) is 0 Å². The van der Waals surface area contributed by atoms with Gasteiger partial charge in [-0.1, -0.05) is 0 Å². The molecule has 1 radical (unpaired) electrons. The average Bonchev–Trinajstić information content (AvgIpc) is 1.90. The maximum absolute atomic E-state index is 8.52. The van der Waals surface area contributed by atoms with Crippen molar-refractivity contribution in [3.05, 3.63) is 0 Å². The van der Waals surface area contributed by atoms with Crippen molar-refractivity contribution in [1.82, 2.24) is 5.32 Å². The molecular formula is C5H10NO2. The van der Waals surface area contributed by atoms with Crippen LogP contribution in [0.1, 0.15) is 0 Å². The summed E-state index contributed by atoms with van der Waals surface area (Å²) < 4.78 is 5.02. The van der Waals surface area contributed by atoms with Gasteiger partial charge in [-0.15, -0.1) is 0 Å². The Balaban J connectivity index is 2.13. The molecule has 1 rings (SSSR count). The molecule has 0 aromatic heterocycles. The first-order valence-corrected chi connectivity index (χ1v) is 2.78. The summed E-state index contributed by atoms with van der Waals surface area (Å²) in [5.74, 6) is 0. The van der Waals surface area contributed by atoms with Crippen LogP contribution in [0.25, 0.3) is 0 Å². The number of aliphatic hydroxyl groups excluding tert-OH is 1. The fraction of sp³-hybridized carbons (Fsp3) is 1.00. The van der Waals surface area contributed by atoms with Gasteiger partial charge in [-0.05, 0) is 0 Å². The molecule has 0 aromatic rings. The first kappa shape index (κ1) is 6.01. The molecule has 0 saturated carbocycles. The van der Waals surface area contributed by atoms with Crippen molar-refractivity contribution in [3.63, 3.8) is 0 Å². The van der Waals surface area contributed by atoms with E-state index in [4.69, 9.17) is 9.84 Å². The lowest BCUT2D eigenvalue weighted by atomic mass is 10.3. The maximum Gasteiger partial charge on any atom is 0.0711 e. The third-order valence-electron chi connectivity index (χ3n) is 1.14. The standard InChI is InChI=1S/C5H10NO2/c7-3-5-4-8-2-1-6-5/h5,7H,1-4H2. The van der Waals surface area contributed by atoms with E-state index in [1.54, 1.807) is 0 Å². The number of nitrogens with zero attached hydrogens (tertiary/aromatic N) is 1. The summed E-state index contributed by atoms with van der Waals surface area (Å²) in [6.45, 7) is 2.18. The predicted octanol–water partition coefficient (Wildman–Crippen LogP) is -1.02. The molecule has 1 atom stereocenters. The fourth-order valence-electron chi connectivity index (χ4n) is 0.682. The van der Waals surface area contributed by atoms with Crippen LogP contribution < -0.4 is 5.32 Å². The number of rotatable bonds is 1. The van der Waals surface area contributed by atoms with Gasteiger partial charge in [-0.2, -0.15) is 0 Å². The Labute approximate surface area is 48.7 Å². The van der Waals surface area contributed by atoms with Crippen LogP contribution in [0.4, 0.5) is 0 Å². The normalized spacial score (nSPS) is 30.4. The second-order valence-electron chi connectivity index (χ2n) is 1.82. The van der Waals surface area contributed by atoms with Gasteiger partial charge in [0, 0.05) is 6.54 Å². The molecule has 1 saturated heterocycles. The molecule has 3 heteroatoms. The summed E-state index contributed by atoms with van der Waals surface area (Å²) >= 11 is 0. The summed E-state index contributed by atoms with van der Waals surface area (Å²) in [4.78, 5) is 0. The maximum atomic E-state index is 8.52. The van der Waals surface area contributed by atoms with E-state index in [1.807, 2.05) is 0 Å². The zero-order chi connectivity index (χ0) is 5.82. The fourth-order valence-corrected chi connectivity index (χ4v) is 0.682. The Kier molecular flexibility index (Phi) is 2.27. The van der Waals surface area contributed by atoms with Crippen LogP contribution in [0.3, 0.4) is 0 Å². The van der Waals surface area contributed by atoms with E-state index >= 15 is 0 Å². The van der Waals surface area contributed by atoms with Gasteiger partial charge in [-0.25, -0.2) is 5.32 Å². The molecule has 1 heterocycles. The average molecular weight is 116 g/mol. The molecule has 8 heavy (non-hydrogen) atoms. The summed E-state index contributed by atoms with van der Waals surface area (Å²) in [5.41, 5.74) is 0. The van der Waals surface area contributed by atoms with Crippen LogP contribution in [0.15, 0.2) is 0 Å². The minimum atomic E-state index is 0.0451. The molecule has 0 aromatic carbocycles. The van der Waals surface area contributed by atoms with Gasteiger partial charge in [0.25, 0.3) is 0 Å². The number of hydrogen-bond donors (Lipinski definition) is 1. The minimum Gasteiger partial charge on any atom is -0.395 e. The molecule has 0 amide bonds. The van der Waals surface area contributed by atoms with Gasteiger partial charge in [0.05, 0.1) is 25.9 Å². The Morgan fingerprint density at radius 1 is 1.75 bits per heavy atom. The van der Waals surface area contributed by atoms with E-state index in [9.17, 15) is 0 Å². The van der Waals surface area contributed by atoms with Crippen molar-refractivity contribution in [3.8, 4) is 0 Å². The van der Waals surface area contributed by atoms with Gasteiger partial charge < -0.3 is 9.84 Å². The van der Waals surface area contributed by atoms with E-state index in [0.717, 1.165) is 13.2 Å². The first-order valence-electron chi connectivity index (χ1n) is 2.78. The highest BCUT2D eigenvalue weighted by molar-refractivity contribution is 4.66. The predicted molar refractivity (Wildman–Crippen MR) is 28.7 cm³/mol. The molecule has 1 aliphatic rings. The molecular weight excluding hydrogens is 106 g/mol. The number of ether oxygens (including phenoxy) is 1. The molecule has 0 aliphatic carbocycles. The third kappa shape index (κ3) is 1.43. The highest BCUT2D eigenvalue weighted by atomic mass is 16.5. The highest BCUT2D eigenvalue weighted by Gasteiger charge is 2.11. The highest BCUT2D eigenvalue weighted by Crippen LogP contribution is 1.91. The van der Waals surface area contributed by atoms with Gasteiger partial charge in [0.1, 0.15) is 0 Å². The molecule has 1 fully saturated rings. The zero-order valence-corrected chi connectivity index (χ0v) is 4.71. The zero-order valence-electron chi connectivity index (χ0n) is 4.71. The topological polar surface area (TPSA) is 43.6 Å². The molecule has 0 bridgehead atoms. The smallest absolute Gasteiger partial charge is 0.0711 e. The van der Waals surface area contributed by atoms with Crippen molar-refractivity contribution >= 4 is 0 Å². The van der Waals surface area contributed by atoms with E-state index in [0.29, 0.717) is 6.61 Å². The van der Waals surface area contributed by atoms with Gasteiger partial charge in [0.15, 0.2) is 0 Å². The summed E-state index contributed by atoms with van der Waals surface area (Å²) in [6.07, 6.45) is 0. The van der Waals surface area contributed by atoms with Gasteiger partial charge >= 0.3 is 0 Å². The lowest BCUT2D eigenvalue weighted by molar-refractivity contribution is 0.0526. The van der Waals surface area contributed by atoms with Crippen LogP contribution in [0.5, 0.6) is 0 Å². The first-order chi connectivity index (χ1) is 3.93. The molecule has 1 unspecified atom stereocenters. The van der Waals surface area contributed by atoms with Crippen LogP contribution >= 0.6 is 0 Å². The number of hydrogen-bond acceptors (Lipinski definition) is 2. The lowest BCUT2D eigenvalue weighted by Gasteiger charge is -2.19. The van der Waals surface area contributed by atoms with Crippen LogP contribution in [-0.2, 0) is 4.74 Å². The Hall–Kier alpha value is -0.120. The summed E-state index contributed by atoms with van der Waals surface area (Å²) in [6, 6.07) is 0.0451. The van der Waals surface area contributed by atoms with Crippen molar-refractivity contribution in [1.29, 1.82) is 0 Å². The van der Waals surface area contributed by atoms with Crippen LogP contribution in [-0.4, -0.2) is 37.5 Å². The molecule has 1 N–H and O–H groups in total. The van der Waals surface area contributed by atoms with Crippen molar-refractivity contribution in [2.75, 3.05) is 26.4 Å². The Morgan fingerprint density at radius 3 is 3.00 bits per heavy atom. The lowest BCUT2D eigenvalue weighted by Crippen LogP contribution is -2.38. The Bertz CT molecular complexity index is 61.4. The summed E-state index contributed by atoms with van der Waals surface area (Å²) in [5, 5.41) is 12.6.